The van der Waals surface area contributed by atoms with E-state index < -0.39 is 16.1 Å². The van der Waals surface area contributed by atoms with Crippen molar-refractivity contribution in [3.63, 3.8) is 0 Å². The predicted molar refractivity (Wildman–Crippen MR) is 147 cm³/mol. The third kappa shape index (κ3) is 8.83. The largest absolute Gasteiger partial charge is 0.354 e. The van der Waals surface area contributed by atoms with Crippen molar-refractivity contribution < 1.29 is 18.0 Å². The molecule has 0 spiro atoms. The van der Waals surface area contributed by atoms with Gasteiger partial charge in [-0.25, -0.2) is 8.42 Å². The standard InChI is InChI=1S/C25H32Cl3N3O4S/c1-4-13-29-25(33)23(5-2)30(17-18-11-12-21(27)22(28)15-18)24(32)10-7-14-31(36(3,34)35)20-9-6-8-19(26)16-20/h6,8-9,11-12,15-16,23H,4-5,7,10,13-14,17H2,1-3H3,(H,29,33)/t23-/m1/s1. The fourth-order valence-electron chi connectivity index (χ4n) is 3.76. The van der Waals surface area contributed by atoms with Gasteiger partial charge in [-0.05, 0) is 55.2 Å². The molecule has 198 valence electrons. The van der Waals surface area contributed by atoms with Gasteiger partial charge in [0.25, 0.3) is 0 Å². The van der Waals surface area contributed by atoms with Gasteiger partial charge in [0.1, 0.15) is 6.04 Å². The van der Waals surface area contributed by atoms with Crippen molar-refractivity contribution >= 4 is 62.3 Å². The van der Waals surface area contributed by atoms with Crippen molar-refractivity contribution in [3.05, 3.63) is 63.1 Å². The summed E-state index contributed by atoms with van der Waals surface area (Å²) < 4.78 is 26.0. The van der Waals surface area contributed by atoms with Gasteiger partial charge in [-0.3, -0.25) is 13.9 Å². The highest BCUT2D eigenvalue weighted by Gasteiger charge is 2.29. The van der Waals surface area contributed by atoms with Gasteiger partial charge in [0.05, 0.1) is 22.0 Å². The van der Waals surface area contributed by atoms with E-state index in [0.29, 0.717) is 33.7 Å². The fraction of sp³-hybridized carbons (Fsp3) is 0.440. The summed E-state index contributed by atoms with van der Waals surface area (Å²) in [6, 6.07) is 10.9. The number of nitrogens with zero attached hydrogens (tertiary/aromatic N) is 2. The number of nitrogens with one attached hydrogen (secondary N) is 1. The van der Waals surface area contributed by atoms with E-state index in [1.54, 1.807) is 42.5 Å². The number of halogens is 3. The Labute approximate surface area is 228 Å². The molecule has 7 nitrogen and oxygen atoms in total. The molecule has 0 aliphatic rings. The van der Waals surface area contributed by atoms with Gasteiger partial charge in [-0.15, -0.1) is 0 Å². The van der Waals surface area contributed by atoms with Crippen LogP contribution in [-0.4, -0.2) is 50.5 Å². The van der Waals surface area contributed by atoms with Crippen LogP contribution in [0.25, 0.3) is 0 Å². The quantitative estimate of drug-likeness (QED) is 0.340. The Bertz CT molecular complexity index is 1160. The molecule has 0 saturated carbocycles. The average Bonchev–Trinajstić information content (AvgIpc) is 2.81. The molecule has 2 aromatic rings. The average molecular weight is 577 g/mol. The highest BCUT2D eigenvalue weighted by Crippen LogP contribution is 2.25. The molecule has 0 aliphatic heterocycles. The Morgan fingerprint density at radius 3 is 2.33 bits per heavy atom. The van der Waals surface area contributed by atoms with Crippen LogP contribution < -0.4 is 9.62 Å². The molecule has 11 heteroatoms. The number of carbonyl (C=O) groups excluding carboxylic acids is 2. The summed E-state index contributed by atoms with van der Waals surface area (Å²) in [5, 5.41) is 4.03. The minimum Gasteiger partial charge on any atom is -0.354 e. The van der Waals surface area contributed by atoms with E-state index in [0.717, 1.165) is 18.2 Å². The van der Waals surface area contributed by atoms with Crippen molar-refractivity contribution in [2.24, 2.45) is 0 Å². The summed E-state index contributed by atoms with van der Waals surface area (Å²) >= 11 is 18.2. The first-order chi connectivity index (χ1) is 17.0. The molecule has 36 heavy (non-hydrogen) atoms. The molecule has 1 atom stereocenters. The van der Waals surface area contributed by atoms with Gasteiger partial charge in [-0.1, -0.05) is 60.8 Å². The van der Waals surface area contributed by atoms with Crippen molar-refractivity contribution in [1.82, 2.24) is 10.2 Å². The third-order valence-electron chi connectivity index (χ3n) is 5.52. The first-order valence-electron chi connectivity index (χ1n) is 11.7. The van der Waals surface area contributed by atoms with Crippen LogP contribution in [0.4, 0.5) is 5.69 Å². The topological polar surface area (TPSA) is 86.8 Å². The molecular formula is C25H32Cl3N3O4S. The van der Waals surface area contributed by atoms with Gasteiger partial charge >= 0.3 is 0 Å². The highest BCUT2D eigenvalue weighted by molar-refractivity contribution is 7.92. The van der Waals surface area contributed by atoms with E-state index in [-0.39, 0.29) is 37.7 Å². The maximum atomic E-state index is 13.4. The van der Waals surface area contributed by atoms with E-state index in [9.17, 15) is 18.0 Å². The van der Waals surface area contributed by atoms with Crippen molar-refractivity contribution in [2.45, 2.75) is 52.1 Å². The summed E-state index contributed by atoms with van der Waals surface area (Å²) in [6.45, 7) is 4.55. The van der Waals surface area contributed by atoms with Crippen molar-refractivity contribution in [2.75, 3.05) is 23.7 Å². The summed E-state index contributed by atoms with van der Waals surface area (Å²) in [7, 11) is -3.60. The molecule has 0 aliphatic carbocycles. The number of anilines is 1. The molecule has 1 N–H and O–H groups in total. The molecule has 0 saturated heterocycles. The summed E-state index contributed by atoms with van der Waals surface area (Å²) in [4.78, 5) is 27.8. The molecule has 0 aromatic heterocycles. The van der Waals surface area contributed by atoms with Crippen LogP contribution >= 0.6 is 34.8 Å². The number of rotatable bonds is 13. The van der Waals surface area contributed by atoms with Crippen molar-refractivity contribution in [1.29, 1.82) is 0 Å². The number of amides is 2. The lowest BCUT2D eigenvalue weighted by Gasteiger charge is -2.31. The summed E-state index contributed by atoms with van der Waals surface area (Å²) in [5.74, 6) is -0.497. The number of hydrogen-bond donors (Lipinski definition) is 1. The Morgan fingerprint density at radius 1 is 1.03 bits per heavy atom. The third-order valence-corrected chi connectivity index (χ3v) is 7.69. The van der Waals surface area contributed by atoms with E-state index >= 15 is 0 Å². The molecule has 2 amide bonds. The Balaban J connectivity index is 2.23. The monoisotopic (exact) mass is 575 g/mol. The first-order valence-corrected chi connectivity index (χ1v) is 14.7. The Morgan fingerprint density at radius 2 is 1.75 bits per heavy atom. The molecule has 2 aromatic carbocycles. The second kappa shape index (κ2) is 14.1. The van der Waals surface area contributed by atoms with E-state index in [2.05, 4.69) is 5.32 Å². The van der Waals surface area contributed by atoms with Gasteiger partial charge in [0.2, 0.25) is 21.8 Å². The van der Waals surface area contributed by atoms with Crippen molar-refractivity contribution in [3.8, 4) is 0 Å². The second-order valence-electron chi connectivity index (χ2n) is 8.40. The maximum Gasteiger partial charge on any atom is 0.242 e. The van der Waals surface area contributed by atoms with Gasteiger partial charge in [-0.2, -0.15) is 0 Å². The highest BCUT2D eigenvalue weighted by atomic mass is 35.5. The smallest absolute Gasteiger partial charge is 0.242 e. The minimum atomic E-state index is -3.60. The Kier molecular flexibility index (Phi) is 11.8. The predicted octanol–water partition coefficient (Wildman–Crippen LogP) is 5.53. The number of hydrogen-bond acceptors (Lipinski definition) is 4. The van der Waals surface area contributed by atoms with E-state index in [4.69, 9.17) is 34.8 Å². The SMILES string of the molecule is CCCNC(=O)[C@@H](CC)N(Cc1ccc(Cl)c(Cl)c1)C(=O)CCCN(c1cccc(Cl)c1)S(C)(=O)=O. The van der Waals surface area contributed by atoms with Crippen LogP contribution in [0.3, 0.4) is 0 Å². The van der Waals surface area contributed by atoms with Crippen LogP contribution in [0, 0.1) is 0 Å². The zero-order valence-electron chi connectivity index (χ0n) is 20.6. The molecule has 0 fully saturated rings. The van der Waals surface area contributed by atoms with Crippen LogP contribution in [0.1, 0.15) is 45.1 Å². The summed E-state index contributed by atoms with van der Waals surface area (Å²) in [5.41, 5.74) is 1.16. The zero-order chi connectivity index (χ0) is 26.9. The second-order valence-corrected chi connectivity index (χ2v) is 11.6. The van der Waals surface area contributed by atoms with Crippen LogP contribution in [0.2, 0.25) is 15.1 Å². The molecule has 0 unspecified atom stereocenters. The minimum absolute atomic E-state index is 0.0471. The molecule has 0 heterocycles. The summed E-state index contributed by atoms with van der Waals surface area (Å²) in [6.07, 6.45) is 2.60. The molecule has 0 radical (unpaired) electrons. The molecule has 0 bridgehead atoms. The lowest BCUT2D eigenvalue weighted by atomic mass is 10.1. The Hall–Kier alpha value is -2.00. The van der Waals surface area contributed by atoms with Gasteiger partial charge < -0.3 is 10.2 Å². The zero-order valence-corrected chi connectivity index (χ0v) is 23.7. The van der Waals surface area contributed by atoms with E-state index in [1.807, 2.05) is 13.8 Å². The maximum absolute atomic E-state index is 13.4. The lowest BCUT2D eigenvalue weighted by molar-refractivity contribution is -0.141. The number of sulfonamides is 1. The number of carbonyl (C=O) groups is 2. The lowest BCUT2D eigenvalue weighted by Crippen LogP contribution is -2.49. The molecule has 2 rings (SSSR count). The fourth-order valence-corrected chi connectivity index (χ4v) is 5.22. The van der Waals surface area contributed by atoms with Crippen LogP contribution in [0.5, 0.6) is 0 Å². The van der Waals surface area contributed by atoms with E-state index in [1.165, 1.54) is 9.21 Å². The van der Waals surface area contributed by atoms with Gasteiger partial charge in [0, 0.05) is 31.1 Å². The number of benzene rings is 2. The normalized spacial score (nSPS) is 12.2. The molecular weight excluding hydrogens is 545 g/mol. The van der Waals surface area contributed by atoms with Crippen LogP contribution in [0.15, 0.2) is 42.5 Å². The van der Waals surface area contributed by atoms with Gasteiger partial charge in [0.15, 0.2) is 0 Å². The van der Waals surface area contributed by atoms with Crippen LogP contribution in [-0.2, 0) is 26.2 Å². The first kappa shape index (κ1) is 30.2.